The maximum absolute atomic E-state index is 11.8. The molecular formula is C14H21ClN2O2S. The van der Waals surface area contributed by atoms with Crippen LogP contribution in [0, 0.1) is 5.92 Å². The number of amides is 1. The Kier molecular flexibility index (Phi) is 7.02. The number of nitrogen functional groups attached to an aromatic ring is 1. The number of halogens is 1. The Morgan fingerprint density at radius 1 is 1.50 bits per heavy atom. The van der Waals surface area contributed by atoms with E-state index in [4.69, 9.17) is 17.3 Å². The molecule has 112 valence electrons. The highest BCUT2D eigenvalue weighted by Crippen LogP contribution is 2.24. The molecule has 1 aromatic carbocycles. The first-order valence-electron chi connectivity index (χ1n) is 6.62. The molecule has 1 rings (SSSR count). The van der Waals surface area contributed by atoms with Crippen molar-refractivity contribution in [1.82, 2.24) is 0 Å². The first-order chi connectivity index (χ1) is 9.42. The molecule has 0 saturated carbocycles. The summed E-state index contributed by atoms with van der Waals surface area (Å²) in [7, 11) is -0.951. The lowest BCUT2D eigenvalue weighted by atomic mass is 10.2. The van der Waals surface area contributed by atoms with E-state index in [0.717, 1.165) is 6.42 Å². The topological polar surface area (TPSA) is 72.2 Å². The standard InChI is InChI=1S/C14H21ClN2O2S/c1-3-10(2)9-20(19)7-6-14(18)17-13-5-4-11(16)8-12(13)15/h4-5,8,10H,3,6-7,9,16H2,1-2H3,(H,17,18). The highest BCUT2D eigenvalue weighted by atomic mass is 35.5. The molecule has 6 heteroatoms. The van der Waals surface area contributed by atoms with Crippen molar-refractivity contribution in [1.29, 1.82) is 0 Å². The van der Waals surface area contributed by atoms with E-state index in [0.29, 0.717) is 33.8 Å². The maximum Gasteiger partial charge on any atom is 0.225 e. The summed E-state index contributed by atoms with van der Waals surface area (Å²) in [4.78, 5) is 11.8. The van der Waals surface area contributed by atoms with Gasteiger partial charge in [-0.15, -0.1) is 0 Å². The number of anilines is 2. The molecule has 0 radical (unpaired) electrons. The summed E-state index contributed by atoms with van der Waals surface area (Å²) in [6.07, 6.45) is 1.22. The number of nitrogens with one attached hydrogen (secondary N) is 1. The van der Waals surface area contributed by atoms with Crippen molar-refractivity contribution in [2.75, 3.05) is 22.6 Å². The van der Waals surface area contributed by atoms with Gasteiger partial charge >= 0.3 is 0 Å². The van der Waals surface area contributed by atoms with Crippen LogP contribution >= 0.6 is 11.6 Å². The zero-order chi connectivity index (χ0) is 15.1. The Hall–Kier alpha value is -1.07. The third-order valence-corrected chi connectivity index (χ3v) is 4.90. The fourth-order valence-corrected chi connectivity index (χ4v) is 3.26. The van der Waals surface area contributed by atoms with Crippen molar-refractivity contribution < 1.29 is 9.00 Å². The number of carbonyl (C=O) groups excluding carboxylic acids is 1. The van der Waals surface area contributed by atoms with E-state index < -0.39 is 10.8 Å². The quantitative estimate of drug-likeness (QED) is 0.759. The molecule has 0 saturated heterocycles. The number of rotatable bonds is 7. The molecule has 0 heterocycles. The second-order valence-corrected chi connectivity index (χ2v) is 6.89. The van der Waals surface area contributed by atoms with Gasteiger partial charge in [0.2, 0.25) is 5.91 Å². The summed E-state index contributed by atoms with van der Waals surface area (Å²) in [5, 5.41) is 3.10. The van der Waals surface area contributed by atoms with Crippen LogP contribution < -0.4 is 11.1 Å². The summed E-state index contributed by atoms with van der Waals surface area (Å²) in [5.74, 6) is 1.26. The van der Waals surface area contributed by atoms with Crippen LogP contribution in [0.4, 0.5) is 11.4 Å². The van der Waals surface area contributed by atoms with Gasteiger partial charge in [-0.3, -0.25) is 9.00 Å². The maximum atomic E-state index is 11.8. The molecule has 3 N–H and O–H groups in total. The van der Waals surface area contributed by atoms with Crippen LogP contribution in [-0.4, -0.2) is 21.6 Å². The number of benzene rings is 1. The molecule has 0 aliphatic heterocycles. The van der Waals surface area contributed by atoms with Gasteiger partial charge in [-0.05, 0) is 24.1 Å². The van der Waals surface area contributed by atoms with E-state index in [-0.39, 0.29) is 12.3 Å². The van der Waals surface area contributed by atoms with Gasteiger partial charge in [0.1, 0.15) is 0 Å². The molecule has 0 fully saturated rings. The number of hydrogen-bond donors (Lipinski definition) is 2. The van der Waals surface area contributed by atoms with E-state index in [1.165, 1.54) is 0 Å². The molecule has 0 aromatic heterocycles. The fraction of sp³-hybridized carbons (Fsp3) is 0.500. The molecule has 1 amide bonds. The van der Waals surface area contributed by atoms with Gasteiger partial charge in [0.15, 0.2) is 0 Å². The van der Waals surface area contributed by atoms with Crippen molar-refractivity contribution in [2.45, 2.75) is 26.7 Å². The van der Waals surface area contributed by atoms with Gasteiger partial charge < -0.3 is 11.1 Å². The number of nitrogens with two attached hydrogens (primary N) is 1. The van der Waals surface area contributed by atoms with Crippen molar-refractivity contribution in [3.63, 3.8) is 0 Å². The fourth-order valence-electron chi connectivity index (χ4n) is 1.57. The average molecular weight is 317 g/mol. The lowest BCUT2D eigenvalue weighted by molar-refractivity contribution is -0.115. The molecular weight excluding hydrogens is 296 g/mol. The number of carbonyl (C=O) groups is 1. The van der Waals surface area contributed by atoms with Crippen LogP contribution in [0.3, 0.4) is 0 Å². The van der Waals surface area contributed by atoms with Crippen molar-refractivity contribution in [3.8, 4) is 0 Å². The van der Waals surface area contributed by atoms with E-state index in [2.05, 4.69) is 19.2 Å². The Morgan fingerprint density at radius 3 is 2.80 bits per heavy atom. The van der Waals surface area contributed by atoms with Gasteiger partial charge in [0.25, 0.3) is 0 Å². The van der Waals surface area contributed by atoms with Crippen LogP contribution in [0.15, 0.2) is 18.2 Å². The lowest BCUT2D eigenvalue weighted by Crippen LogP contribution is -2.17. The van der Waals surface area contributed by atoms with E-state index in [1.54, 1.807) is 18.2 Å². The first kappa shape index (κ1) is 17.0. The van der Waals surface area contributed by atoms with Gasteiger partial charge in [-0.1, -0.05) is 31.9 Å². The van der Waals surface area contributed by atoms with Gasteiger partial charge in [0, 0.05) is 34.4 Å². The monoisotopic (exact) mass is 316 g/mol. The predicted octanol–water partition coefficient (Wildman–Crippen LogP) is 3.05. The van der Waals surface area contributed by atoms with Crippen LogP contribution in [0.1, 0.15) is 26.7 Å². The summed E-state index contributed by atoms with van der Waals surface area (Å²) in [5.41, 5.74) is 6.65. The molecule has 0 aliphatic rings. The molecule has 0 bridgehead atoms. The SMILES string of the molecule is CCC(C)CS(=O)CCC(=O)Nc1ccc(N)cc1Cl. The van der Waals surface area contributed by atoms with Gasteiger partial charge in [0.05, 0.1) is 10.7 Å². The largest absolute Gasteiger partial charge is 0.399 e. The third kappa shape index (κ3) is 5.92. The lowest BCUT2D eigenvalue weighted by Gasteiger charge is -2.09. The highest BCUT2D eigenvalue weighted by Gasteiger charge is 2.10. The predicted molar refractivity (Wildman–Crippen MR) is 86.4 cm³/mol. The van der Waals surface area contributed by atoms with Crippen LogP contribution in [-0.2, 0) is 15.6 Å². The Morgan fingerprint density at radius 2 is 2.20 bits per heavy atom. The third-order valence-electron chi connectivity index (χ3n) is 2.99. The van der Waals surface area contributed by atoms with Crippen LogP contribution in [0.25, 0.3) is 0 Å². The summed E-state index contributed by atoms with van der Waals surface area (Å²) in [6.45, 7) is 4.13. The van der Waals surface area contributed by atoms with E-state index >= 15 is 0 Å². The molecule has 4 nitrogen and oxygen atoms in total. The average Bonchev–Trinajstić information content (AvgIpc) is 2.39. The Balaban J connectivity index is 2.42. The van der Waals surface area contributed by atoms with Gasteiger partial charge in [-0.25, -0.2) is 0 Å². The molecule has 2 unspecified atom stereocenters. The second-order valence-electron chi connectivity index (χ2n) is 4.86. The minimum absolute atomic E-state index is 0.186. The number of hydrogen-bond acceptors (Lipinski definition) is 3. The Labute approximate surface area is 127 Å². The van der Waals surface area contributed by atoms with Crippen molar-refractivity contribution in [3.05, 3.63) is 23.2 Å². The first-order valence-corrected chi connectivity index (χ1v) is 8.48. The zero-order valence-corrected chi connectivity index (χ0v) is 13.4. The summed E-state index contributed by atoms with van der Waals surface area (Å²) >= 11 is 5.97. The Bertz CT molecular complexity index is 494. The summed E-state index contributed by atoms with van der Waals surface area (Å²) in [6, 6.07) is 4.91. The smallest absolute Gasteiger partial charge is 0.225 e. The van der Waals surface area contributed by atoms with E-state index in [9.17, 15) is 9.00 Å². The minimum Gasteiger partial charge on any atom is -0.399 e. The molecule has 20 heavy (non-hydrogen) atoms. The van der Waals surface area contributed by atoms with E-state index in [1.807, 2.05) is 0 Å². The molecule has 1 aromatic rings. The summed E-state index contributed by atoms with van der Waals surface area (Å²) < 4.78 is 11.8. The zero-order valence-electron chi connectivity index (χ0n) is 11.8. The van der Waals surface area contributed by atoms with Crippen LogP contribution in [0.2, 0.25) is 5.02 Å². The molecule has 0 aliphatic carbocycles. The molecule has 0 spiro atoms. The van der Waals surface area contributed by atoms with Crippen molar-refractivity contribution in [2.24, 2.45) is 5.92 Å². The normalized spacial score (nSPS) is 13.8. The van der Waals surface area contributed by atoms with Gasteiger partial charge in [-0.2, -0.15) is 0 Å². The van der Waals surface area contributed by atoms with Crippen molar-refractivity contribution >= 4 is 39.7 Å². The van der Waals surface area contributed by atoms with Crippen LogP contribution in [0.5, 0.6) is 0 Å². The second kappa shape index (κ2) is 8.27. The highest BCUT2D eigenvalue weighted by molar-refractivity contribution is 7.85. The molecule has 2 atom stereocenters. The minimum atomic E-state index is -0.951.